The van der Waals surface area contributed by atoms with Gasteiger partial charge in [0.1, 0.15) is 5.78 Å². The van der Waals surface area contributed by atoms with Crippen LogP contribution in [0.15, 0.2) is 41.6 Å². The third-order valence-electron chi connectivity index (χ3n) is 13.9. The summed E-state index contributed by atoms with van der Waals surface area (Å²) in [7, 11) is -6.49. The normalized spacial score (nSPS) is 17.3. The molecule has 0 fully saturated rings. The minimum Gasteiger partial charge on any atom is -0.413 e. The number of allylic oxidation sites excluding steroid dienone is 1. The first-order valence-corrected chi connectivity index (χ1v) is 30.9. The van der Waals surface area contributed by atoms with Crippen LogP contribution in [0.4, 0.5) is 0 Å². The Balaban J connectivity index is 3.46. The molecule has 1 N–H and O–H groups in total. The maximum atomic E-state index is 15.1. The molecule has 1 aromatic heterocycles. The van der Waals surface area contributed by atoms with Gasteiger partial charge in [-0.25, -0.2) is 0 Å². The molecule has 6 nitrogen and oxygen atoms in total. The van der Waals surface area contributed by atoms with Crippen molar-refractivity contribution in [1.29, 1.82) is 0 Å². The third kappa shape index (κ3) is 16.0. The van der Waals surface area contributed by atoms with Crippen LogP contribution in [0.25, 0.3) is 6.08 Å². The van der Waals surface area contributed by atoms with Crippen molar-refractivity contribution in [2.75, 3.05) is 6.61 Å². The van der Waals surface area contributed by atoms with E-state index in [2.05, 4.69) is 160 Å². The van der Waals surface area contributed by atoms with Crippen LogP contribution in [0.5, 0.6) is 0 Å². The molecule has 1 heterocycles. The van der Waals surface area contributed by atoms with Crippen LogP contribution in [-0.2, 0) is 18.1 Å². The second-order valence-corrected chi connectivity index (χ2v) is 36.6. The van der Waals surface area contributed by atoms with Crippen molar-refractivity contribution in [2.24, 2.45) is 17.3 Å². The Labute approximate surface area is 356 Å². The fourth-order valence-electron chi connectivity index (χ4n) is 6.65. The number of carbonyl (C=O) groups is 1. The summed E-state index contributed by atoms with van der Waals surface area (Å²) in [6.07, 6.45) is 11.8. The van der Waals surface area contributed by atoms with Crippen LogP contribution in [-0.4, -0.2) is 65.7 Å². The summed E-state index contributed by atoms with van der Waals surface area (Å²) in [6, 6.07) is 6.03. The average molecular weight is 847 g/mol. The minimum absolute atomic E-state index is 0.00836. The Hall–Kier alpha value is -1.21. The lowest BCUT2D eigenvalue weighted by atomic mass is 9.71. The Morgan fingerprint density at radius 1 is 0.789 bits per heavy atom. The van der Waals surface area contributed by atoms with Crippen LogP contribution < -0.4 is 0 Å². The molecular formula is C48H91NO5Si3. The Bertz CT molecular complexity index is 1430. The van der Waals surface area contributed by atoms with Gasteiger partial charge in [0.2, 0.25) is 0 Å². The molecule has 1 rings (SSSR count). The first-order valence-electron chi connectivity index (χ1n) is 22.2. The molecule has 57 heavy (non-hydrogen) atoms. The molecule has 330 valence electrons. The topological polar surface area (TPSA) is 77.9 Å². The van der Waals surface area contributed by atoms with Crippen molar-refractivity contribution in [3.63, 3.8) is 0 Å². The number of hydrogen-bond donors (Lipinski definition) is 1. The molecule has 9 heteroatoms. The van der Waals surface area contributed by atoms with E-state index >= 15 is 4.79 Å². The molecule has 1 aromatic rings. The van der Waals surface area contributed by atoms with Gasteiger partial charge in [0, 0.05) is 24.1 Å². The summed E-state index contributed by atoms with van der Waals surface area (Å²) in [5.41, 5.74) is 2.75. The number of hydrogen-bond acceptors (Lipinski definition) is 6. The molecule has 0 saturated heterocycles. The smallest absolute Gasteiger partial charge is 0.192 e. The van der Waals surface area contributed by atoms with Gasteiger partial charge in [-0.3, -0.25) is 9.78 Å². The molecule has 0 unspecified atom stereocenters. The van der Waals surface area contributed by atoms with Crippen molar-refractivity contribution in [1.82, 2.24) is 4.98 Å². The fourth-order valence-corrected chi connectivity index (χ4v) is 10.9. The molecular weight excluding hydrogens is 755 g/mol. The lowest BCUT2D eigenvalue weighted by molar-refractivity contribution is -0.142. The van der Waals surface area contributed by atoms with Crippen LogP contribution in [0.1, 0.15) is 154 Å². The van der Waals surface area contributed by atoms with Crippen molar-refractivity contribution in [3.05, 3.63) is 47.3 Å². The van der Waals surface area contributed by atoms with E-state index in [9.17, 15) is 5.11 Å². The van der Waals surface area contributed by atoms with E-state index < -0.39 is 30.4 Å². The number of Topliss-reactive ketones (excluding diaryl/α,β-unsaturated/α-hetero) is 1. The van der Waals surface area contributed by atoms with E-state index in [1.54, 1.807) is 0 Å². The summed E-state index contributed by atoms with van der Waals surface area (Å²) >= 11 is 0. The predicted molar refractivity (Wildman–Crippen MR) is 254 cm³/mol. The molecule has 0 bridgehead atoms. The van der Waals surface area contributed by atoms with Crippen LogP contribution >= 0.6 is 0 Å². The maximum Gasteiger partial charge on any atom is 0.192 e. The molecule has 0 radical (unpaired) electrons. The van der Waals surface area contributed by atoms with E-state index in [-0.39, 0.29) is 57.7 Å². The molecule has 0 spiro atoms. The Morgan fingerprint density at radius 2 is 1.32 bits per heavy atom. The monoisotopic (exact) mass is 846 g/mol. The van der Waals surface area contributed by atoms with Gasteiger partial charge in [0.25, 0.3) is 0 Å². The number of rotatable bonds is 23. The van der Waals surface area contributed by atoms with Crippen molar-refractivity contribution < 1.29 is 23.2 Å². The van der Waals surface area contributed by atoms with Crippen LogP contribution in [0.2, 0.25) is 54.4 Å². The number of ketones is 1. The average Bonchev–Trinajstić information content (AvgIpc) is 3.06. The molecule has 0 aromatic carbocycles. The standard InChI is InChI=1S/C48H91NO5Si3/c1-22-26-40(44(51)48(14,15)42(32-34-50)53-56(18,19)46(8,9)10)43(54-57(20,21)47(11,12)13)37(3)28-25-27-36(2)30-31-41(52-55(16,17)45(5,6)7)38(4)35-39-29-23-24-33-49-39/h23-24,29-30,33,35,37,40-43,50H,22,25-28,31-32,34H2,1-21H3/t37-,40+,41-,42-,43-/m0/s1. The molecule has 0 aliphatic heterocycles. The summed E-state index contributed by atoms with van der Waals surface area (Å²) in [5.74, 6) is 0.158. The van der Waals surface area contributed by atoms with E-state index in [1.165, 1.54) is 11.1 Å². The molecule has 0 saturated carbocycles. The highest BCUT2D eigenvalue weighted by atomic mass is 28.4. The fraction of sp³-hybridized carbons (Fsp3) is 0.792. The number of aliphatic hydroxyl groups is 1. The predicted octanol–water partition coefficient (Wildman–Crippen LogP) is 14.2. The molecule has 0 amide bonds. The van der Waals surface area contributed by atoms with Gasteiger partial charge in [-0.2, -0.15) is 0 Å². The first kappa shape index (κ1) is 53.8. The van der Waals surface area contributed by atoms with Gasteiger partial charge < -0.3 is 18.4 Å². The van der Waals surface area contributed by atoms with Gasteiger partial charge in [-0.1, -0.05) is 114 Å². The number of pyridine rings is 1. The van der Waals surface area contributed by atoms with Crippen molar-refractivity contribution in [2.45, 2.75) is 222 Å². The van der Waals surface area contributed by atoms with Gasteiger partial charge >= 0.3 is 0 Å². The zero-order valence-corrected chi connectivity index (χ0v) is 44.0. The van der Waals surface area contributed by atoms with E-state index in [4.69, 9.17) is 13.3 Å². The summed E-state index contributed by atoms with van der Waals surface area (Å²) in [4.78, 5) is 19.7. The number of nitrogens with zero attached hydrogens (tertiary/aromatic N) is 1. The van der Waals surface area contributed by atoms with Gasteiger partial charge in [0.15, 0.2) is 25.0 Å². The number of aromatic nitrogens is 1. The van der Waals surface area contributed by atoms with E-state index in [1.807, 2.05) is 24.4 Å². The lowest BCUT2D eigenvalue weighted by Gasteiger charge is -2.47. The first-order chi connectivity index (χ1) is 25.8. The minimum atomic E-state index is -2.24. The number of aliphatic hydroxyl groups excluding tert-OH is 1. The second-order valence-electron chi connectivity index (χ2n) is 22.4. The molecule has 5 atom stereocenters. The van der Waals surface area contributed by atoms with Crippen molar-refractivity contribution >= 4 is 36.8 Å². The number of carbonyl (C=O) groups excluding carboxylic acids is 1. The lowest BCUT2D eigenvalue weighted by Crippen LogP contribution is -2.54. The van der Waals surface area contributed by atoms with Crippen LogP contribution in [0.3, 0.4) is 0 Å². The zero-order valence-electron chi connectivity index (χ0n) is 41.0. The quantitative estimate of drug-likeness (QED) is 0.0873. The largest absolute Gasteiger partial charge is 0.413 e. The highest BCUT2D eigenvalue weighted by Gasteiger charge is 2.50. The highest BCUT2D eigenvalue weighted by Crippen LogP contribution is 2.45. The van der Waals surface area contributed by atoms with Gasteiger partial charge in [-0.15, -0.1) is 0 Å². The van der Waals surface area contributed by atoms with Crippen LogP contribution in [0, 0.1) is 17.3 Å². The highest BCUT2D eigenvalue weighted by molar-refractivity contribution is 6.75. The van der Waals surface area contributed by atoms with E-state index in [0.717, 1.165) is 44.2 Å². The second kappa shape index (κ2) is 21.5. The Kier molecular flexibility index (Phi) is 20.3. The van der Waals surface area contributed by atoms with E-state index in [0.29, 0.717) is 6.42 Å². The maximum absolute atomic E-state index is 15.1. The summed E-state index contributed by atoms with van der Waals surface area (Å²) < 4.78 is 21.4. The van der Waals surface area contributed by atoms with Gasteiger partial charge in [0.05, 0.1) is 24.0 Å². The SMILES string of the molecule is CCC[C@@H](C(=O)C(C)(C)[C@H](CCO)O[Si](C)(C)C(C)(C)C)[C@@H](O[Si](C)(C)C(C)(C)C)[C@@H](C)CCCC(C)=CC[C@H](O[Si](C)(C)C(C)(C)C)C(C)=Cc1ccccn1. The third-order valence-corrected chi connectivity index (χ3v) is 27.4. The molecule has 0 aliphatic carbocycles. The Morgan fingerprint density at radius 3 is 1.79 bits per heavy atom. The van der Waals surface area contributed by atoms with Crippen molar-refractivity contribution in [3.8, 4) is 0 Å². The molecule has 0 aliphatic rings. The summed E-state index contributed by atoms with van der Waals surface area (Å²) in [6.45, 7) is 47.3. The van der Waals surface area contributed by atoms with Gasteiger partial charge in [-0.05, 0) is 136 Å². The summed E-state index contributed by atoms with van der Waals surface area (Å²) in [5, 5.41) is 10.3. The zero-order chi connectivity index (χ0) is 44.4.